The monoisotopic (exact) mass is 417 g/mol. The van der Waals surface area contributed by atoms with Gasteiger partial charge in [-0.25, -0.2) is 4.98 Å². The predicted molar refractivity (Wildman–Crippen MR) is 122 cm³/mol. The molecule has 2 aliphatic rings. The number of ether oxygens (including phenoxy) is 1. The minimum atomic E-state index is 0.152. The normalized spacial score (nSPS) is 21.0. The summed E-state index contributed by atoms with van der Waals surface area (Å²) in [6.45, 7) is 7.98. The summed E-state index contributed by atoms with van der Waals surface area (Å²) in [5, 5.41) is 11.7. The molecular weight excluding hydrogens is 390 g/mol. The fourth-order valence-electron chi connectivity index (χ4n) is 4.07. The molecule has 8 heteroatoms. The summed E-state index contributed by atoms with van der Waals surface area (Å²) < 4.78 is 5.82. The van der Waals surface area contributed by atoms with E-state index >= 15 is 0 Å². The summed E-state index contributed by atoms with van der Waals surface area (Å²) in [7, 11) is 0. The second kappa shape index (κ2) is 8.47. The average molecular weight is 418 g/mol. The third-order valence-electron chi connectivity index (χ3n) is 5.68. The van der Waals surface area contributed by atoms with Crippen molar-refractivity contribution in [2.45, 2.75) is 32.5 Å². The highest BCUT2D eigenvalue weighted by molar-refractivity contribution is 5.69. The average Bonchev–Trinajstić information content (AvgIpc) is 2.73. The Hall–Kier alpha value is -3.26. The van der Waals surface area contributed by atoms with Gasteiger partial charge in [-0.15, -0.1) is 5.10 Å². The molecule has 2 atom stereocenters. The summed E-state index contributed by atoms with van der Waals surface area (Å²) in [4.78, 5) is 13.7. The smallest absolute Gasteiger partial charge is 0.227 e. The molecule has 1 aromatic carbocycles. The number of benzene rings is 1. The van der Waals surface area contributed by atoms with Crippen molar-refractivity contribution in [2.75, 3.05) is 41.3 Å². The largest absolute Gasteiger partial charge is 0.372 e. The number of hydrogen-bond acceptors (Lipinski definition) is 8. The molecule has 0 amide bonds. The first-order valence-corrected chi connectivity index (χ1v) is 10.8. The highest BCUT2D eigenvalue weighted by Gasteiger charge is 2.24. The van der Waals surface area contributed by atoms with Crippen molar-refractivity contribution >= 4 is 23.3 Å². The van der Waals surface area contributed by atoms with Gasteiger partial charge in [0.15, 0.2) is 5.82 Å². The Bertz CT molecular complexity index is 1030. The second-order valence-electron chi connectivity index (χ2n) is 8.25. The number of rotatable bonds is 5. The quantitative estimate of drug-likeness (QED) is 0.676. The minimum absolute atomic E-state index is 0.152. The Morgan fingerprint density at radius 1 is 0.935 bits per heavy atom. The minimum Gasteiger partial charge on any atom is -0.372 e. The topological polar surface area (TPSA) is 79.3 Å². The molecule has 2 saturated heterocycles. The standard InChI is InChI=1S/C23H27N7O/c1-16-14-30(15-17(2)31-16)23-24-9-8-21(27-23)26-22-12-19(13-25-28-22)18-4-6-20(7-5-18)29-10-3-11-29/h4-9,12-13,16-17H,3,10-11,14-15H2,1-2H3,(H,24,26,27,28)/t16-,17+. The Morgan fingerprint density at radius 2 is 1.71 bits per heavy atom. The van der Waals surface area contributed by atoms with Crippen molar-refractivity contribution in [3.8, 4) is 11.1 Å². The van der Waals surface area contributed by atoms with Gasteiger partial charge >= 0.3 is 0 Å². The summed E-state index contributed by atoms with van der Waals surface area (Å²) in [6.07, 6.45) is 5.13. The lowest BCUT2D eigenvalue weighted by Crippen LogP contribution is -2.46. The molecule has 3 aromatic rings. The van der Waals surface area contributed by atoms with Crippen LogP contribution in [0, 0.1) is 0 Å². The van der Waals surface area contributed by atoms with E-state index in [1.807, 2.05) is 12.1 Å². The number of nitrogens with one attached hydrogen (secondary N) is 1. The van der Waals surface area contributed by atoms with E-state index in [1.54, 1.807) is 12.4 Å². The number of nitrogens with zero attached hydrogens (tertiary/aromatic N) is 6. The highest BCUT2D eigenvalue weighted by atomic mass is 16.5. The molecule has 8 nitrogen and oxygen atoms in total. The van der Waals surface area contributed by atoms with Crippen LogP contribution in [0.2, 0.25) is 0 Å². The van der Waals surface area contributed by atoms with Crippen LogP contribution in [0.25, 0.3) is 11.1 Å². The molecular formula is C23H27N7O. The van der Waals surface area contributed by atoms with Crippen LogP contribution in [0.1, 0.15) is 20.3 Å². The van der Waals surface area contributed by atoms with E-state index in [9.17, 15) is 0 Å². The molecule has 2 aromatic heterocycles. The Kier molecular flexibility index (Phi) is 5.38. The molecule has 0 radical (unpaired) electrons. The van der Waals surface area contributed by atoms with E-state index in [0.29, 0.717) is 17.6 Å². The van der Waals surface area contributed by atoms with E-state index < -0.39 is 0 Å². The Balaban J connectivity index is 1.31. The van der Waals surface area contributed by atoms with Crippen LogP contribution in [0.15, 0.2) is 48.8 Å². The summed E-state index contributed by atoms with van der Waals surface area (Å²) in [5.41, 5.74) is 3.40. The third-order valence-corrected chi connectivity index (χ3v) is 5.68. The lowest BCUT2D eigenvalue weighted by atomic mass is 10.1. The highest BCUT2D eigenvalue weighted by Crippen LogP contribution is 2.27. The van der Waals surface area contributed by atoms with Crippen molar-refractivity contribution in [2.24, 2.45) is 0 Å². The van der Waals surface area contributed by atoms with Crippen LogP contribution in [0.3, 0.4) is 0 Å². The molecule has 0 saturated carbocycles. The van der Waals surface area contributed by atoms with Crippen LogP contribution < -0.4 is 15.1 Å². The lowest BCUT2D eigenvalue weighted by Gasteiger charge is -2.35. The first-order valence-electron chi connectivity index (χ1n) is 10.8. The molecule has 1 N–H and O–H groups in total. The number of hydrogen-bond donors (Lipinski definition) is 1. The molecule has 5 rings (SSSR count). The van der Waals surface area contributed by atoms with Crippen LogP contribution in [0.5, 0.6) is 0 Å². The predicted octanol–water partition coefficient (Wildman–Crippen LogP) is 3.50. The van der Waals surface area contributed by atoms with E-state index in [-0.39, 0.29) is 12.2 Å². The van der Waals surface area contributed by atoms with Crippen molar-refractivity contribution in [1.29, 1.82) is 0 Å². The van der Waals surface area contributed by atoms with Gasteiger partial charge in [-0.05, 0) is 50.1 Å². The second-order valence-corrected chi connectivity index (χ2v) is 8.25. The Labute approximate surface area is 182 Å². The molecule has 0 unspecified atom stereocenters. The first kappa shape index (κ1) is 19.7. The van der Waals surface area contributed by atoms with Crippen LogP contribution >= 0.6 is 0 Å². The van der Waals surface area contributed by atoms with E-state index in [0.717, 1.165) is 37.3 Å². The van der Waals surface area contributed by atoms with Gasteiger partial charge in [0.2, 0.25) is 5.95 Å². The summed E-state index contributed by atoms with van der Waals surface area (Å²) >= 11 is 0. The maximum Gasteiger partial charge on any atom is 0.227 e. The molecule has 4 heterocycles. The number of morpholine rings is 1. The van der Waals surface area contributed by atoms with Crippen LogP contribution in [-0.2, 0) is 4.74 Å². The lowest BCUT2D eigenvalue weighted by molar-refractivity contribution is -0.00571. The zero-order chi connectivity index (χ0) is 21.2. The van der Waals surface area contributed by atoms with Crippen LogP contribution in [-0.4, -0.2) is 58.6 Å². The molecule has 0 bridgehead atoms. The summed E-state index contributed by atoms with van der Waals surface area (Å²) in [5.74, 6) is 2.03. The van der Waals surface area contributed by atoms with Gasteiger partial charge in [0.05, 0.1) is 18.4 Å². The summed E-state index contributed by atoms with van der Waals surface area (Å²) in [6, 6.07) is 12.4. The van der Waals surface area contributed by atoms with Gasteiger partial charge in [-0.3, -0.25) is 0 Å². The van der Waals surface area contributed by atoms with Gasteiger partial charge in [0.1, 0.15) is 5.82 Å². The zero-order valence-electron chi connectivity index (χ0n) is 17.9. The maximum absolute atomic E-state index is 5.82. The fourth-order valence-corrected chi connectivity index (χ4v) is 4.07. The fraction of sp³-hybridized carbons (Fsp3) is 0.391. The SMILES string of the molecule is C[C@@H]1CN(c2nccc(Nc3cc(-c4ccc(N5CCC5)cc4)cnn3)n2)C[C@H](C)O1. The van der Waals surface area contributed by atoms with Crippen molar-refractivity contribution in [1.82, 2.24) is 20.2 Å². The van der Waals surface area contributed by atoms with Crippen LogP contribution in [0.4, 0.5) is 23.3 Å². The molecule has 2 aliphatic heterocycles. The van der Waals surface area contributed by atoms with E-state index in [2.05, 4.69) is 73.4 Å². The van der Waals surface area contributed by atoms with E-state index in [1.165, 1.54) is 12.1 Å². The van der Waals surface area contributed by atoms with Gasteiger partial charge in [0.25, 0.3) is 0 Å². The number of aromatic nitrogens is 4. The molecule has 160 valence electrons. The zero-order valence-corrected chi connectivity index (χ0v) is 17.9. The Morgan fingerprint density at radius 3 is 2.42 bits per heavy atom. The molecule has 31 heavy (non-hydrogen) atoms. The maximum atomic E-state index is 5.82. The third kappa shape index (κ3) is 4.44. The molecule has 0 aliphatic carbocycles. The first-order chi connectivity index (χ1) is 15.1. The van der Waals surface area contributed by atoms with Gasteiger partial charge < -0.3 is 19.9 Å². The van der Waals surface area contributed by atoms with Crippen molar-refractivity contribution < 1.29 is 4.74 Å². The molecule has 0 spiro atoms. The number of anilines is 4. The van der Waals surface area contributed by atoms with Gasteiger partial charge in [-0.2, -0.15) is 10.1 Å². The van der Waals surface area contributed by atoms with E-state index in [4.69, 9.17) is 4.74 Å². The van der Waals surface area contributed by atoms with Crippen molar-refractivity contribution in [3.05, 3.63) is 48.8 Å². The molecule has 2 fully saturated rings. The van der Waals surface area contributed by atoms with Gasteiger partial charge in [-0.1, -0.05) is 12.1 Å². The van der Waals surface area contributed by atoms with Crippen molar-refractivity contribution in [3.63, 3.8) is 0 Å². The van der Waals surface area contributed by atoms with Gasteiger partial charge in [0, 0.05) is 43.6 Å².